The van der Waals surface area contributed by atoms with Crippen LogP contribution in [0, 0.1) is 12.7 Å². The fraction of sp³-hybridized carbons (Fsp3) is 0.296. The largest absolute Gasteiger partial charge is 0.507 e. The van der Waals surface area contributed by atoms with E-state index in [1.807, 2.05) is 0 Å². The first-order valence-corrected chi connectivity index (χ1v) is 11.5. The molecule has 8 heteroatoms. The molecule has 3 heterocycles. The molecule has 2 atom stereocenters. The van der Waals surface area contributed by atoms with Gasteiger partial charge >= 0.3 is 0 Å². The lowest BCUT2D eigenvalue weighted by Gasteiger charge is -2.35. The highest BCUT2D eigenvalue weighted by Gasteiger charge is 2.67. The number of benzene rings is 2. The zero-order valence-electron chi connectivity index (χ0n) is 19.3. The maximum Gasteiger partial charge on any atom is 0.296 e. The predicted molar refractivity (Wildman–Crippen MR) is 127 cm³/mol. The van der Waals surface area contributed by atoms with Crippen LogP contribution in [0.15, 0.2) is 60.7 Å². The molecular weight excluding hydrogens is 451 g/mol. The van der Waals surface area contributed by atoms with E-state index in [1.165, 1.54) is 21.9 Å². The van der Waals surface area contributed by atoms with Crippen LogP contribution < -0.4 is 4.90 Å². The van der Waals surface area contributed by atoms with Gasteiger partial charge in [0.05, 0.1) is 17.4 Å². The molecule has 0 aliphatic carbocycles. The number of anilines is 1. The number of fused-ring (bicyclic) bond motifs is 2. The molecule has 0 unspecified atom stereocenters. The van der Waals surface area contributed by atoms with Gasteiger partial charge in [-0.3, -0.25) is 14.4 Å². The van der Waals surface area contributed by atoms with Crippen molar-refractivity contribution in [2.75, 3.05) is 24.6 Å². The van der Waals surface area contributed by atoms with Crippen LogP contribution in [0.1, 0.15) is 29.5 Å². The van der Waals surface area contributed by atoms with Gasteiger partial charge in [-0.05, 0) is 37.5 Å². The number of likely N-dealkylation sites (tertiary alicyclic amines) is 1. The lowest BCUT2D eigenvalue weighted by atomic mass is 9.81. The number of carbonyl (C=O) groups is 3. The number of nitrogens with zero attached hydrogens (tertiary/aromatic N) is 2. The summed E-state index contributed by atoms with van der Waals surface area (Å²) in [6.45, 7) is 5.98. The number of Topliss-reactive ketones (excluding diaryl/α,β-unsaturated/α-hetero) is 1. The molecule has 1 N–H and O–H groups in total. The fourth-order valence-electron chi connectivity index (χ4n) is 5.30. The van der Waals surface area contributed by atoms with Crippen molar-refractivity contribution in [3.8, 4) is 0 Å². The van der Waals surface area contributed by atoms with E-state index in [-0.39, 0.29) is 30.3 Å². The summed E-state index contributed by atoms with van der Waals surface area (Å²) in [5.74, 6) is -3.63. The van der Waals surface area contributed by atoms with Gasteiger partial charge in [0.25, 0.3) is 17.6 Å². The number of ether oxygens (including phenoxy) is 1. The molecule has 0 bridgehead atoms. The Bertz CT molecular complexity index is 1300. The average Bonchev–Trinajstić information content (AvgIpc) is 3.51. The van der Waals surface area contributed by atoms with E-state index < -0.39 is 34.7 Å². The SMILES string of the molecule is C=CCN1C(=O)[C@@]2(C(=C(O)c3ccc(C)c(F)c3)C(=O)C(=O)N2C[C@@H]2CCCO2)c2ccccc21. The van der Waals surface area contributed by atoms with Gasteiger partial charge in [-0.25, -0.2) is 4.39 Å². The van der Waals surface area contributed by atoms with Crippen LogP contribution in [-0.4, -0.2) is 53.4 Å². The van der Waals surface area contributed by atoms with Crippen molar-refractivity contribution >= 4 is 29.0 Å². The summed E-state index contributed by atoms with van der Waals surface area (Å²) < 4.78 is 20.1. The van der Waals surface area contributed by atoms with Gasteiger partial charge < -0.3 is 19.6 Å². The van der Waals surface area contributed by atoms with Crippen molar-refractivity contribution in [3.05, 3.63) is 83.2 Å². The summed E-state index contributed by atoms with van der Waals surface area (Å²) in [7, 11) is 0. The molecule has 3 aliphatic rings. The van der Waals surface area contributed by atoms with Crippen LogP contribution in [0.4, 0.5) is 10.1 Å². The lowest BCUT2D eigenvalue weighted by Crippen LogP contribution is -2.53. The molecule has 2 aromatic rings. The van der Waals surface area contributed by atoms with Gasteiger partial charge in [-0.15, -0.1) is 6.58 Å². The maximum absolute atomic E-state index is 14.4. The van der Waals surface area contributed by atoms with Crippen molar-refractivity contribution in [3.63, 3.8) is 0 Å². The number of aliphatic hydroxyl groups excluding tert-OH is 1. The average molecular weight is 477 g/mol. The number of halogens is 1. The van der Waals surface area contributed by atoms with E-state index in [2.05, 4.69) is 6.58 Å². The van der Waals surface area contributed by atoms with E-state index in [1.54, 1.807) is 37.3 Å². The highest BCUT2D eigenvalue weighted by Crippen LogP contribution is 2.53. The van der Waals surface area contributed by atoms with E-state index in [0.717, 1.165) is 12.5 Å². The molecule has 5 rings (SSSR count). The minimum absolute atomic E-state index is 0.00557. The number of ketones is 1. The molecule has 2 amide bonds. The summed E-state index contributed by atoms with van der Waals surface area (Å²) in [5.41, 5.74) is -0.987. The topological polar surface area (TPSA) is 87.2 Å². The zero-order valence-corrected chi connectivity index (χ0v) is 19.3. The molecule has 180 valence electrons. The van der Waals surface area contributed by atoms with Crippen molar-refractivity contribution in [2.45, 2.75) is 31.4 Å². The summed E-state index contributed by atoms with van der Waals surface area (Å²) in [5, 5.41) is 11.4. The molecular formula is C27H25FN2O5. The van der Waals surface area contributed by atoms with Crippen molar-refractivity contribution in [1.82, 2.24) is 4.90 Å². The van der Waals surface area contributed by atoms with Crippen LogP contribution in [-0.2, 0) is 24.7 Å². The van der Waals surface area contributed by atoms with Crippen LogP contribution in [0.3, 0.4) is 0 Å². The third kappa shape index (κ3) is 3.24. The summed E-state index contributed by atoms with van der Waals surface area (Å²) in [6, 6.07) is 10.9. The Hall–Kier alpha value is -3.78. The minimum Gasteiger partial charge on any atom is -0.507 e. The van der Waals surface area contributed by atoms with Crippen LogP contribution in [0.25, 0.3) is 5.76 Å². The number of amides is 2. The number of hydrogen-bond donors (Lipinski definition) is 1. The molecule has 2 aromatic carbocycles. The molecule has 2 saturated heterocycles. The molecule has 2 fully saturated rings. The monoisotopic (exact) mass is 476 g/mol. The van der Waals surface area contributed by atoms with E-state index in [4.69, 9.17) is 4.74 Å². The molecule has 0 saturated carbocycles. The molecule has 35 heavy (non-hydrogen) atoms. The van der Waals surface area contributed by atoms with Crippen LogP contribution >= 0.6 is 0 Å². The quantitative estimate of drug-likeness (QED) is 0.309. The normalized spacial score (nSPS) is 25.1. The summed E-state index contributed by atoms with van der Waals surface area (Å²) >= 11 is 0. The molecule has 1 spiro atoms. The second kappa shape index (κ2) is 8.46. The van der Waals surface area contributed by atoms with E-state index in [0.29, 0.717) is 29.8 Å². The number of rotatable bonds is 5. The summed E-state index contributed by atoms with van der Waals surface area (Å²) in [6.07, 6.45) is 2.68. The second-order valence-electron chi connectivity index (χ2n) is 9.00. The second-order valence-corrected chi connectivity index (χ2v) is 9.00. The number of hydrogen-bond acceptors (Lipinski definition) is 5. The van der Waals surface area contributed by atoms with Gasteiger partial charge in [-0.2, -0.15) is 0 Å². The van der Waals surface area contributed by atoms with Gasteiger partial charge in [0.1, 0.15) is 11.6 Å². The Labute approximate surface area is 202 Å². The van der Waals surface area contributed by atoms with Gasteiger partial charge in [0, 0.05) is 30.8 Å². The molecule has 0 aromatic heterocycles. The number of aliphatic hydroxyl groups is 1. The van der Waals surface area contributed by atoms with Crippen LogP contribution in [0.5, 0.6) is 0 Å². The van der Waals surface area contributed by atoms with Gasteiger partial charge in [0.2, 0.25) is 0 Å². The Morgan fingerprint density at radius 1 is 1.26 bits per heavy atom. The third-order valence-electron chi connectivity index (χ3n) is 6.98. The van der Waals surface area contributed by atoms with E-state index in [9.17, 15) is 23.9 Å². The Morgan fingerprint density at radius 2 is 2.03 bits per heavy atom. The predicted octanol–water partition coefficient (Wildman–Crippen LogP) is 3.42. The first kappa shape index (κ1) is 23.0. The molecule has 3 aliphatic heterocycles. The first-order chi connectivity index (χ1) is 16.8. The lowest BCUT2D eigenvalue weighted by molar-refractivity contribution is -0.145. The van der Waals surface area contributed by atoms with Crippen molar-refractivity contribution < 1.29 is 28.6 Å². The standard InChI is InChI=1S/C27H25FN2O5/c1-3-12-29-21-9-5-4-8-19(21)27(26(29)34)22(23(31)17-11-10-16(2)20(28)14-17)24(32)25(33)30(27)15-18-7-6-13-35-18/h3-5,8-11,14,18,31H,1,6-7,12-13,15H2,2H3/t18-,27-/m0/s1. The van der Waals surface area contributed by atoms with Gasteiger partial charge in [0.15, 0.2) is 5.54 Å². The first-order valence-electron chi connectivity index (χ1n) is 11.5. The Balaban J connectivity index is 1.80. The number of para-hydroxylation sites is 1. The Morgan fingerprint density at radius 3 is 2.71 bits per heavy atom. The molecule has 7 nitrogen and oxygen atoms in total. The molecule has 0 radical (unpaired) electrons. The Kier molecular flexibility index (Phi) is 5.56. The fourth-order valence-corrected chi connectivity index (χ4v) is 5.30. The van der Waals surface area contributed by atoms with E-state index >= 15 is 0 Å². The summed E-state index contributed by atoms with van der Waals surface area (Å²) in [4.78, 5) is 43.8. The van der Waals surface area contributed by atoms with Crippen LogP contribution in [0.2, 0.25) is 0 Å². The smallest absolute Gasteiger partial charge is 0.296 e. The number of carbonyl (C=O) groups excluding carboxylic acids is 3. The van der Waals surface area contributed by atoms with Crippen molar-refractivity contribution in [2.24, 2.45) is 0 Å². The van der Waals surface area contributed by atoms with Gasteiger partial charge in [-0.1, -0.05) is 36.4 Å². The minimum atomic E-state index is -1.90. The third-order valence-corrected chi connectivity index (χ3v) is 6.98. The highest BCUT2D eigenvalue weighted by molar-refractivity contribution is 6.50. The zero-order chi connectivity index (χ0) is 24.9. The maximum atomic E-state index is 14.4. The number of aryl methyl sites for hydroxylation is 1. The van der Waals surface area contributed by atoms with Crippen molar-refractivity contribution in [1.29, 1.82) is 0 Å². The highest BCUT2D eigenvalue weighted by atomic mass is 19.1.